The average Bonchev–Trinajstić information content (AvgIpc) is 3.30. The molecule has 0 radical (unpaired) electrons. The van der Waals surface area contributed by atoms with Crippen molar-refractivity contribution in [1.29, 1.82) is 0 Å². The van der Waals surface area contributed by atoms with Crippen LogP contribution in [0.5, 0.6) is 0 Å². The van der Waals surface area contributed by atoms with Gasteiger partial charge in [-0.1, -0.05) is 36.4 Å². The van der Waals surface area contributed by atoms with Crippen LogP contribution < -0.4 is 10.6 Å². The molecule has 5 atom stereocenters. The molecule has 2 saturated heterocycles. The zero-order chi connectivity index (χ0) is 29.1. The van der Waals surface area contributed by atoms with Crippen LogP contribution >= 0.6 is 0 Å². The lowest BCUT2D eigenvalue weighted by molar-refractivity contribution is -0.165. The highest BCUT2D eigenvalue weighted by Crippen LogP contribution is 2.25. The summed E-state index contributed by atoms with van der Waals surface area (Å²) in [6.07, 6.45) is 4.90. The summed E-state index contributed by atoms with van der Waals surface area (Å²) in [5.74, 6) is -2.20. The number of fused-ring (bicyclic) bond motifs is 2. The van der Waals surface area contributed by atoms with Crippen molar-refractivity contribution in [3.05, 3.63) is 54.4 Å². The molecule has 3 aliphatic rings. The van der Waals surface area contributed by atoms with Crippen LogP contribution in [-0.2, 0) is 28.7 Å². The summed E-state index contributed by atoms with van der Waals surface area (Å²) in [4.78, 5) is 72.8. The number of ether oxygens (including phenoxy) is 2. The molecule has 2 fully saturated rings. The second kappa shape index (κ2) is 12.0. The van der Waals surface area contributed by atoms with Crippen molar-refractivity contribution in [2.75, 3.05) is 19.7 Å². The molecule has 3 aliphatic heterocycles. The molecule has 0 bridgehead atoms. The van der Waals surface area contributed by atoms with Gasteiger partial charge >= 0.3 is 5.97 Å². The van der Waals surface area contributed by atoms with Crippen molar-refractivity contribution in [3.63, 3.8) is 0 Å². The molecule has 2 aromatic rings. The molecule has 12 heteroatoms. The fourth-order valence-electron chi connectivity index (χ4n) is 5.62. The van der Waals surface area contributed by atoms with E-state index in [4.69, 9.17) is 9.47 Å². The highest BCUT2D eigenvalue weighted by Gasteiger charge is 2.46. The Hall–Kier alpha value is -4.32. The summed E-state index contributed by atoms with van der Waals surface area (Å²) in [7, 11) is 0. The lowest BCUT2D eigenvalue weighted by atomic mass is 9.96. The minimum absolute atomic E-state index is 0.0283. The number of amides is 4. The number of hydrogen-bond donors (Lipinski definition) is 2. The minimum Gasteiger partial charge on any atom is -0.433 e. The minimum atomic E-state index is -1.05. The van der Waals surface area contributed by atoms with E-state index in [0.29, 0.717) is 11.8 Å². The monoisotopic (exact) mass is 563 g/mol. The van der Waals surface area contributed by atoms with Crippen LogP contribution in [0.15, 0.2) is 48.7 Å². The van der Waals surface area contributed by atoms with E-state index in [-0.39, 0.29) is 44.1 Å². The van der Waals surface area contributed by atoms with Crippen LogP contribution in [0.4, 0.5) is 0 Å². The fraction of sp³-hybridized carbons (Fsp3) is 0.448. The van der Waals surface area contributed by atoms with Gasteiger partial charge in [0.25, 0.3) is 5.91 Å². The molecule has 1 aromatic carbocycles. The molecule has 4 heterocycles. The summed E-state index contributed by atoms with van der Waals surface area (Å²) in [5.41, 5.74) is 0.196. The third kappa shape index (κ3) is 5.92. The lowest BCUT2D eigenvalue weighted by Gasteiger charge is -2.47. The maximum atomic E-state index is 14.1. The van der Waals surface area contributed by atoms with Gasteiger partial charge < -0.3 is 29.9 Å². The van der Waals surface area contributed by atoms with E-state index in [2.05, 4.69) is 15.6 Å². The number of nitrogens with one attached hydrogen (secondary N) is 2. The Kier molecular flexibility index (Phi) is 8.29. The highest BCUT2D eigenvalue weighted by molar-refractivity contribution is 6.06. The molecule has 41 heavy (non-hydrogen) atoms. The Labute approximate surface area is 237 Å². The second-order valence-corrected chi connectivity index (χ2v) is 10.3. The Morgan fingerprint density at radius 3 is 2.63 bits per heavy atom. The van der Waals surface area contributed by atoms with Gasteiger partial charge in [0.2, 0.25) is 24.0 Å². The van der Waals surface area contributed by atoms with Crippen LogP contribution in [0.2, 0.25) is 0 Å². The maximum Gasteiger partial charge on any atom is 0.310 e. The fourth-order valence-corrected chi connectivity index (χ4v) is 5.62. The van der Waals surface area contributed by atoms with Gasteiger partial charge in [0, 0.05) is 31.7 Å². The summed E-state index contributed by atoms with van der Waals surface area (Å²) in [6.45, 7) is 3.65. The second-order valence-electron chi connectivity index (χ2n) is 10.3. The van der Waals surface area contributed by atoms with E-state index in [9.17, 15) is 24.0 Å². The predicted octanol–water partition coefficient (Wildman–Crippen LogP) is 0.905. The molecule has 216 valence electrons. The van der Waals surface area contributed by atoms with Crippen LogP contribution in [0.25, 0.3) is 10.8 Å². The van der Waals surface area contributed by atoms with Crippen molar-refractivity contribution in [3.8, 4) is 0 Å². The Morgan fingerprint density at radius 1 is 1.07 bits per heavy atom. The highest BCUT2D eigenvalue weighted by atomic mass is 16.7. The molecule has 4 amide bonds. The number of piperazine rings is 1. The van der Waals surface area contributed by atoms with Crippen molar-refractivity contribution in [1.82, 2.24) is 25.4 Å². The van der Waals surface area contributed by atoms with Crippen molar-refractivity contribution in [2.24, 2.45) is 0 Å². The Balaban J connectivity index is 1.41. The number of rotatable bonds is 6. The first-order valence-corrected chi connectivity index (χ1v) is 13.8. The smallest absolute Gasteiger partial charge is 0.310 e. The largest absolute Gasteiger partial charge is 0.433 e. The van der Waals surface area contributed by atoms with E-state index < -0.39 is 54.1 Å². The first-order valence-electron chi connectivity index (χ1n) is 13.8. The number of carbonyl (C=O) groups excluding carboxylic acids is 5. The normalized spacial score (nSPS) is 26.9. The van der Waals surface area contributed by atoms with Gasteiger partial charge in [-0.05, 0) is 31.2 Å². The van der Waals surface area contributed by atoms with Gasteiger partial charge in [0.05, 0.1) is 19.0 Å². The van der Waals surface area contributed by atoms with Crippen molar-refractivity contribution in [2.45, 2.75) is 63.6 Å². The van der Waals surface area contributed by atoms with Crippen LogP contribution in [-0.4, -0.2) is 94.5 Å². The first kappa shape index (κ1) is 28.2. The van der Waals surface area contributed by atoms with Crippen LogP contribution in [0.1, 0.15) is 43.6 Å². The zero-order valence-corrected chi connectivity index (χ0v) is 22.9. The third-order valence-electron chi connectivity index (χ3n) is 7.62. The van der Waals surface area contributed by atoms with E-state index in [0.717, 1.165) is 5.39 Å². The van der Waals surface area contributed by atoms with Crippen LogP contribution in [0, 0.1) is 0 Å². The third-order valence-corrected chi connectivity index (χ3v) is 7.62. The molecule has 2 N–H and O–H groups in total. The Bertz CT molecular complexity index is 1390. The van der Waals surface area contributed by atoms with Gasteiger partial charge in [-0.2, -0.15) is 0 Å². The van der Waals surface area contributed by atoms with E-state index in [1.807, 2.05) is 30.4 Å². The number of cyclic esters (lactones) is 1. The molecular formula is C29H33N5O7. The number of nitrogens with zero attached hydrogens (tertiary/aromatic N) is 3. The molecule has 0 spiro atoms. The number of carbonyl (C=O) groups is 5. The number of pyridine rings is 1. The first-order chi connectivity index (χ1) is 19.8. The maximum absolute atomic E-state index is 14.1. The van der Waals surface area contributed by atoms with Gasteiger partial charge in [-0.15, -0.1) is 0 Å². The summed E-state index contributed by atoms with van der Waals surface area (Å²) in [5, 5.41) is 7.14. The van der Waals surface area contributed by atoms with E-state index in [1.165, 1.54) is 16.7 Å². The van der Waals surface area contributed by atoms with E-state index >= 15 is 0 Å². The molecule has 0 aliphatic carbocycles. The van der Waals surface area contributed by atoms with Crippen molar-refractivity contribution < 1.29 is 33.4 Å². The number of hydrogen-bond acceptors (Lipinski definition) is 8. The average molecular weight is 564 g/mol. The molecule has 12 nitrogen and oxygen atoms in total. The zero-order valence-electron chi connectivity index (χ0n) is 22.9. The quantitative estimate of drug-likeness (QED) is 0.389. The van der Waals surface area contributed by atoms with Gasteiger partial charge in [0.15, 0.2) is 0 Å². The summed E-state index contributed by atoms with van der Waals surface area (Å²) in [6, 6.07) is 5.90. The summed E-state index contributed by atoms with van der Waals surface area (Å²) < 4.78 is 10.6. The number of aromatic nitrogens is 1. The standard InChI is InChI=1S/C29H33N5O7/c1-3-40-29-22(14-24(36)41-29)32-26(37)23-16-33(17(2)35)15-19-9-5-7-11-21(28(39)34(19)23)31-27(38)25-20-10-6-4-8-18(20)12-13-30-25/h4-8,10,12-13,19,21-23,29H,3,9,11,14-16H2,1-2H3,(H,31,38)(H,32,37)/b7-5-/t19-,21-,22?,23-,29?/m0/s1. The SMILES string of the molecule is CCOC1OC(=O)CC1NC(=O)[C@@H]1CN(C(C)=O)C[C@@H]2C/C=C\C[C@H](NC(=O)c3nccc4ccccc34)C(=O)N21. The van der Waals surface area contributed by atoms with Gasteiger partial charge in [-0.25, -0.2) is 0 Å². The van der Waals surface area contributed by atoms with E-state index in [1.54, 1.807) is 25.3 Å². The molecular weight excluding hydrogens is 530 g/mol. The molecule has 1 aromatic heterocycles. The van der Waals surface area contributed by atoms with Crippen molar-refractivity contribution >= 4 is 40.4 Å². The van der Waals surface area contributed by atoms with Crippen LogP contribution in [0.3, 0.4) is 0 Å². The molecule has 5 rings (SSSR count). The Morgan fingerprint density at radius 2 is 1.85 bits per heavy atom. The van der Waals surface area contributed by atoms with Gasteiger partial charge in [-0.3, -0.25) is 29.0 Å². The topological polar surface area (TPSA) is 147 Å². The molecule has 2 unspecified atom stereocenters. The van der Waals surface area contributed by atoms with Gasteiger partial charge in [0.1, 0.15) is 23.8 Å². The summed E-state index contributed by atoms with van der Waals surface area (Å²) >= 11 is 0. The lowest BCUT2D eigenvalue weighted by Crippen LogP contribution is -2.68. The predicted molar refractivity (Wildman–Crippen MR) is 146 cm³/mol. The number of esters is 1. The molecule has 0 saturated carbocycles. The number of benzene rings is 1.